The molecule has 0 aliphatic rings. The van der Waals surface area contributed by atoms with Gasteiger partial charge in [-0.2, -0.15) is 18.3 Å². The summed E-state index contributed by atoms with van der Waals surface area (Å²) >= 11 is 5.66. The van der Waals surface area contributed by atoms with Crippen LogP contribution in [0.3, 0.4) is 0 Å². The van der Waals surface area contributed by atoms with Gasteiger partial charge in [-0.15, -0.1) is 0 Å². The smallest absolute Gasteiger partial charge is 0.332 e. The highest BCUT2D eigenvalue weighted by molar-refractivity contribution is 6.30. The molecule has 1 N–H and O–H groups in total. The largest absolute Gasteiger partial charge is 0.416 e. The molecule has 0 atom stereocenters. The number of hydrogen-bond acceptors (Lipinski definition) is 4. The third kappa shape index (κ3) is 4.62. The number of halogens is 5. The minimum absolute atomic E-state index is 0.157. The minimum atomic E-state index is -4.69. The molecule has 0 unspecified atom stereocenters. The normalized spacial score (nSPS) is 12.1. The number of rotatable bonds is 7. The van der Waals surface area contributed by atoms with Crippen molar-refractivity contribution in [2.75, 3.05) is 0 Å². The topological polar surface area (TPSA) is 90.5 Å². The van der Waals surface area contributed by atoms with E-state index in [1.54, 1.807) is 0 Å². The molecule has 3 aromatic heterocycles. The maximum atomic E-state index is 14.4. The van der Waals surface area contributed by atoms with Crippen LogP contribution in [0, 0.1) is 5.82 Å². The Morgan fingerprint density at radius 3 is 2.43 bits per heavy atom. The molecule has 13 heteroatoms. The van der Waals surface area contributed by atoms with Crippen molar-refractivity contribution in [1.29, 1.82) is 0 Å². The maximum absolute atomic E-state index is 14.4. The van der Waals surface area contributed by atoms with Crippen molar-refractivity contribution in [1.82, 2.24) is 28.9 Å². The van der Waals surface area contributed by atoms with Gasteiger partial charge in [0.25, 0.3) is 5.56 Å². The summed E-state index contributed by atoms with van der Waals surface area (Å²) in [7, 11) is 0. The number of nitrogens with zero attached hydrogens (tertiary/aromatic N) is 5. The lowest BCUT2D eigenvalue weighted by atomic mass is 10.1. The van der Waals surface area contributed by atoms with Crippen molar-refractivity contribution in [2.45, 2.75) is 52.5 Å². The summed E-state index contributed by atoms with van der Waals surface area (Å²) < 4.78 is 57.5. The Labute approximate surface area is 200 Å². The highest BCUT2D eigenvalue weighted by atomic mass is 35.5. The molecule has 35 heavy (non-hydrogen) atoms. The molecule has 4 rings (SSSR count). The molecule has 0 fully saturated rings. The number of nitrogens with one attached hydrogen (secondary N) is 1. The van der Waals surface area contributed by atoms with Gasteiger partial charge >= 0.3 is 11.9 Å². The maximum Gasteiger partial charge on any atom is 0.416 e. The molecule has 186 valence electrons. The van der Waals surface area contributed by atoms with Crippen molar-refractivity contribution in [3.63, 3.8) is 0 Å². The van der Waals surface area contributed by atoms with E-state index in [-0.39, 0.29) is 35.6 Å². The molecule has 3 heterocycles. The molecule has 0 saturated carbocycles. The molecule has 4 aromatic rings. The van der Waals surface area contributed by atoms with E-state index in [4.69, 9.17) is 11.6 Å². The first-order chi connectivity index (χ1) is 16.5. The molecule has 0 saturated heterocycles. The van der Waals surface area contributed by atoms with Gasteiger partial charge in [0.1, 0.15) is 17.2 Å². The SMILES string of the molecule is CCCn1c(=O)c2[nH]c(-c3cnn(Cc4cc(C(F)(F)F)cc(Cl)c4F)c3)nc2n(CCC)c1=O. The minimum Gasteiger partial charge on any atom is -0.332 e. The first-order valence-electron chi connectivity index (χ1n) is 10.9. The summed E-state index contributed by atoms with van der Waals surface area (Å²) in [5.41, 5.74) is -1.54. The van der Waals surface area contributed by atoms with Crippen molar-refractivity contribution in [3.05, 3.63) is 67.3 Å². The lowest BCUT2D eigenvalue weighted by Crippen LogP contribution is -2.40. The highest BCUT2D eigenvalue weighted by Crippen LogP contribution is 2.33. The zero-order valence-electron chi connectivity index (χ0n) is 18.8. The average molecular weight is 513 g/mol. The van der Waals surface area contributed by atoms with E-state index >= 15 is 0 Å². The van der Waals surface area contributed by atoms with Crippen LogP contribution in [0.2, 0.25) is 5.02 Å². The van der Waals surface area contributed by atoms with Gasteiger partial charge in [-0.25, -0.2) is 14.2 Å². The van der Waals surface area contributed by atoms with Gasteiger partial charge in [-0.3, -0.25) is 18.6 Å². The number of hydrogen-bond donors (Lipinski definition) is 1. The number of H-pyrrole nitrogens is 1. The lowest BCUT2D eigenvalue weighted by Gasteiger charge is -2.11. The number of imidazole rings is 1. The van der Waals surface area contributed by atoms with E-state index in [2.05, 4.69) is 15.1 Å². The average Bonchev–Trinajstić information content (AvgIpc) is 3.44. The molecule has 8 nitrogen and oxygen atoms in total. The van der Waals surface area contributed by atoms with Crippen LogP contribution in [0.1, 0.15) is 37.8 Å². The molecule has 0 aliphatic carbocycles. The predicted molar refractivity (Wildman–Crippen MR) is 122 cm³/mol. The van der Waals surface area contributed by atoms with E-state index in [0.717, 1.165) is 4.57 Å². The van der Waals surface area contributed by atoms with Gasteiger partial charge in [-0.05, 0) is 25.0 Å². The van der Waals surface area contributed by atoms with E-state index < -0.39 is 33.8 Å². The van der Waals surface area contributed by atoms with Crippen LogP contribution in [0.15, 0.2) is 34.1 Å². The second-order valence-corrected chi connectivity index (χ2v) is 8.44. The van der Waals surface area contributed by atoms with Crippen molar-refractivity contribution in [3.8, 4) is 11.4 Å². The highest BCUT2D eigenvalue weighted by Gasteiger charge is 2.32. The van der Waals surface area contributed by atoms with Crippen LogP contribution < -0.4 is 11.2 Å². The van der Waals surface area contributed by atoms with E-state index in [0.29, 0.717) is 37.1 Å². The fraction of sp³-hybridized carbons (Fsp3) is 0.364. The van der Waals surface area contributed by atoms with Crippen LogP contribution >= 0.6 is 11.6 Å². The third-order valence-electron chi connectivity index (χ3n) is 5.43. The second-order valence-electron chi connectivity index (χ2n) is 8.03. The Hall–Kier alpha value is -3.41. The zero-order chi connectivity index (χ0) is 25.5. The summed E-state index contributed by atoms with van der Waals surface area (Å²) in [6.07, 6.45) is -0.633. The summed E-state index contributed by atoms with van der Waals surface area (Å²) in [4.78, 5) is 33.1. The molecule has 0 spiro atoms. The first kappa shape index (κ1) is 24.7. The first-order valence-corrected chi connectivity index (χ1v) is 11.2. The summed E-state index contributed by atoms with van der Waals surface area (Å²) in [6.45, 7) is 4.05. The number of alkyl halides is 3. The molecular formula is C22H21ClF4N6O2. The van der Waals surface area contributed by atoms with Crippen LogP contribution in [-0.4, -0.2) is 28.9 Å². The zero-order valence-corrected chi connectivity index (χ0v) is 19.5. The Morgan fingerprint density at radius 2 is 1.77 bits per heavy atom. The van der Waals surface area contributed by atoms with Crippen LogP contribution in [-0.2, 0) is 25.8 Å². The number of aromatic nitrogens is 6. The third-order valence-corrected chi connectivity index (χ3v) is 5.70. The van der Waals surface area contributed by atoms with Crippen LogP contribution in [0.4, 0.5) is 17.6 Å². The van der Waals surface area contributed by atoms with Gasteiger partial charge in [-0.1, -0.05) is 25.4 Å². The molecule has 0 bridgehead atoms. The van der Waals surface area contributed by atoms with Crippen LogP contribution in [0.5, 0.6) is 0 Å². The fourth-order valence-electron chi connectivity index (χ4n) is 3.82. The van der Waals surface area contributed by atoms with Gasteiger partial charge < -0.3 is 4.98 Å². The van der Waals surface area contributed by atoms with Crippen LogP contribution in [0.25, 0.3) is 22.6 Å². The predicted octanol–water partition coefficient (Wildman–Crippen LogP) is 4.43. The summed E-state index contributed by atoms with van der Waals surface area (Å²) in [5, 5.41) is 3.44. The Bertz CT molecular complexity index is 1520. The summed E-state index contributed by atoms with van der Waals surface area (Å²) in [6, 6.07) is 1.22. The lowest BCUT2D eigenvalue weighted by molar-refractivity contribution is -0.137. The molecule has 1 aromatic carbocycles. The molecule has 0 radical (unpaired) electrons. The van der Waals surface area contributed by atoms with Crippen molar-refractivity contribution in [2.24, 2.45) is 0 Å². The van der Waals surface area contributed by atoms with E-state index in [9.17, 15) is 27.2 Å². The molecule has 0 amide bonds. The Balaban J connectivity index is 1.75. The van der Waals surface area contributed by atoms with E-state index in [1.165, 1.54) is 21.6 Å². The molecule has 0 aliphatic heterocycles. The standard InChI is InChI=1S/C22H21ClF4N6O2/c1-3-5-32-19-17(20(34)33(6-4-2)21(32)35)29-18(30-19)13-9-28-31(11-13)10-12-7-14(22(25,26)27)8-15(23)16(12)24/h7-9,11H,3-6,10H2,1-2H3,(H,29,30). The monoisotopic (exact) mass is 512 g/mol. The summed E-state index contributed by atoms with van der Waals surface area (Å²) in [5.74, 6) is -0.732. The number of fused-ring (bicyclic) bond motifs is 1. The molecular weight excluding hydrogens is 492 g/mol. The van der Waals surface area contributed by atoms with E-state index in [1.807, 2.05) is 13.8 Å². The number of aromatic amines is 1. The number of benzene rings is 1. The Morgan fingerprint density at radius 1 is 1.09 bits per heavy atom. The van der Waals surface area contributed by atoms with Gasteiger partial charge in [0, 0.05) is 24.8 Å². The number of aryl methyl sites for hydroxylation is 1. The van der Waals surface area contributed by atoms with Crippen molar-refractivity contribution >= 4 is 22.8 Å². The van der Waals surface area contributed by atoms with Gasteiger partial charge in [0.2, 0.25) is 0 Å². The van der Waals surface area contributed by atoms with Gasteiger partial charge in [0.15, 0.2) is 5.65 Å². The fourth-order valence-corrected chi connectivity index (χ4v) is 4.06. The van der Waals surface area contributed by atoms with Gasteiger partial charge in [0.05, 0.1) is 28.9 Å². The second kappa shape index (κ2) is 9.33. The Kier molecular flexibility index (Phi) is 6.58. The quantitative estimate of drug-likeness (QED) is 0.371. The van der Waals surface area contributed by atoms with Crippen molar-refractivity contribution < 1.29 is 17.6 Å².